The van der Waals surface area contributed by atoms with E-state index in [0.717, 1.165) is 77.0 Å². The van der Waals surface area contributed by atoms with Crippen molar-refractivity contribution in [3.8, 4) is 0 Å². The monoisotopic (exact) mass is 1130 g/mol. The first-order valence-corrected chi connectivity index (χ1v) is 35.8. The van der Waals surface area contributed by atoms with Crippen molar-refractivity contribution in [2.75, 3.05) is 40.9 Å². The molecule has 3 atom stereocenters. The lowest BCUT2D eigenvalue weighted by Gasteiger charge is -2.27. The molecule has 0 radical (unpaired) electrons. The van der Waals surface area contributed by atoms with Gasteiger partial charge < -0.3 is 19.4 Å². The van der Waals surface area contributed by atoms with Gasteiger partial charge >= 0.3 is 13.8 Å². The third kappa shape index (κ3) is 60.6. The van der Waals surface area contributed by atoms with Gasteiger partial charge in [-0.25, -0.2) is 4.57 Å². The van der Waals surface area contributed by atoms with E-state index in [0.29, 0.717) is 23.9 Å². The van der Waals surface area contributed by atoms with E-state index >= 15 is 0 Å². The number of hydrogen-bond acceptors (Lipinski definition) is 6. The number of amides is 1. The molecule has 79 heavy (non-hydrogen) atoms. The van der Waals surface area contributed by atoms with Gasteiger partial charge in [0.05, 0.1) is 33.8 Å². The van der Waals surface area contributed by atoms with Crippen molar-refractivity contribution in [2.45, 2.75) is 354 Å². The number of nitrogens with zero attached hydrogens (tertiary/aromatic N) is 1. The molecule has 3 unspecified atom stereocenters. The highest BCUT2D eigenvalue weighted by molar-refractivity contribution is 7.47. The zero-order valence-electron chi connectivity index (χ0n) is 53.4. The van der Waals surface area contributed by atoms with Crippen molar-refractivity contribution < 1.29 is 37.3 Å². The van der Waals surface area contributed by atoms with Crippen LogP contribution in [0.4, 0.5) is 0 Å². The third-order valence-electron chi connectivity index (χ3n) is 15.6. The SMILES string of the molecule is CCCCC/C=C/C=C/CCCCCCCCC(=O)NC(COP(=O)(O)OCC[N+](C)(C)C)C(/C=C\CCCCCCCCCCC)OC(=O)CCCCCCCCCCCCCCCCCCCCCCCCCCCCC. The molecule has 0 aliphatic heterocycles. The lowest BCUT2D eigenvalue weighted by molar-refractivity contribution is -0.870. The average molecular weight is 1130 g/mol. The molecule has 0 aliphatic carbocycles. The Labute approximate surface area is 491 Å². The van der Waals surface area contributed by atoms with Gasteiger partial charge in [-0.15, -0.1) is 0 Å². The molecule has 0 fully saturated rings. The predicted molar refractivity (Wildman–Crippen MR) is 342 cm³/mol. The quantitative estimate of drug-likeness (QED) is 0.0156. The molecule has 466 valence electrons. The Balaban J connectivity index is 4.95. The fourth-order valence-corrected chi connectivity index (χ4v) is 11.0. The summed E-state index contributed by atoms with van der Waals surface area (Å²) < 4.78 is 30.7. The van der Waals surface area contributed by atoms with Crippen LogP contribution in [0.25, 0.3) is 0 Å². The van der Waals surface area contributed by atoms with Crippen molar-refractivity contribution in [1.82, 2.24) is 5.32 Å². The van der Waals surface area contributed by atoms with Crippen molar-refractivity contribution in [3.05, 3.63) is 36.5 Å². The Hall–Kier alpha value is -1.77. The highest BCUT2D eigenvalue weighted by Crippen LogP contribution is 2.43. The van der Waals surface area contributed by atoms with Crippen LogP contribution in [0, 0.1) is 0 Å². The number of phosphoric ester groups is 1. The molecular formula is C69H134N2O7P+. The summed E-state index contributed by atoms with van der Waals surface area (Å²) in [5.74, 6) is -0.503. The number of quaternary nitrogens is 1. The number of unbranched alkanes of at least 4 members (excludes halogenated alkanes) is 44. The molecule has 1 amide bonds. The molecule has 0 bridgehead atoms. The third-order valence-corrected chi connectivity index (χ3v) is 16.6. The van der Waals surface area contributed by atoms with Gasteiger partial charge in [0.25, 0.3) is 0 Å². The summed E-state index contributed by atoms with van der Waals surface area (Å²) in [5, 5.41) is 3.06. The second kappa shape index (κ2) is 59.4. The zero-order valence-corrected chi connectivity index (χ0v) is 54.3. The number of allylic oxidation sites excluding steroid dienone is 5. The lowest BCUT2D eigenvalue weighted by Crippen LogP contribution is -2.47. The Morgan fingerprint density at radius 1 is 0.443 bits per heavy atom. The van der Waals surface area contributed by atoms with Crippen molar-refractivity contribution >= 4 is 19.7 Å². The minimum atomic E-state index is -4.45. The average Bonchev–Trinajstić information content (AvgIpc) is 3.41. The van der Waals surface area contributed by atoms with Gasteiger partial charge in [-0.2, -0.15) is 0 Å². The molecular weight excluding hydrogens is 1000 g/mol. The highest BCUT2D eigenvalue weighted by atomic mass is 31.2. The normalized spacial score (nSPS) is 13.8. The summed E-state index contributed by atoms with van der Waals surface area (Å²) in [5.41, 5.74) is 0. The Morgan fingerprint density at radius 2 is 0.759 bits per heavy atom. The maximum atomic E-state index is 13.5. The Bertz CT molecular complexity index is 1450. The Morgan fingerprint density at radius 3 is 1.14 bits per heavy atom. The van der Waals surface area contributed by atoms with Gasteiger partial charge in [0.15, 0.2) is 0 Å². The lowest BCUT2D eigenvalue weighted by atomic mass is 10.0. The first kappa shape index (κ1) is 77.2. The van der Waals surface area contributed by atoms with Crippen molar-refractivity contribution in [2.24, 2.45) is 0 Å². The number of nitrogens with one attached hydrogen (secondary N) is 1. The largest absolute Gasteiger partial charge is 0.472 e. The topological polar surface area (TPSA) is 111 Å². The molecule has 0 heterocycles. The summed E-state index contributed by atoms with van der Waals surface area (Å²) >= 11 is 0. The van der Waals surface area contributed by atoms with E-state index in [-0.39, 0.29) is 25.1 Å². The number of carbonyl (C=O) groups is 2. The maximum Gasteiger partial charge on any atom is 0.472 e. The van der Waals surface area contributed by atoms with E-state index in [2.05, 4.69) is 50.4 Å². The van der Waals surface area contributed by atoms with Crippen LogP contribution in [-0.4, -0.2) is 74.3 Å². The molecule has 9 nitrogen and oxygen atoms in total. The van der Waals surface area contributed by atoms with Crippen molar-refractivity contribution in [1.29, 1.82) is 0 Å². The van der Waals surface area contributed by atoms with Gasteiger partial charge in [0.1, 0.15) is 19.3 Å². The standard InChI is InChI=1S/C69H133N2O7P/c1-7-10-13-16-19-22-25-27-29-30-31-32-33-34-35-36-37-38-39-40-42-44-47-50-53-56-59-62-69(73)78-67(60-57-54-51-48-45-24-21-18-15-12-9-3)66(65-77-79(74,75)76-64-63-71(4,5)6)70-68(72)61-58-55-52-49-46-43-41-28-26-23-20-17-14-11-8-2/h20,23,26,28,57,60,66-67H,7-19,21-22,24-25,27,29-56,58-59,61-65H2,1-6H3,(H-,70,72,74,75)/p+1/b23-20+,28-26+,60-57-. The van der Waals surface area contributed by atoms with Crippen LogP contribution in [0.2, 0.25) is 0 Å². The molecule has 0 rings (SSSR count). The number of hydrogen-bond donors (Lipinski definition) is 2. The summed E-state index contributed by atoms with van der Waals surface area (Å²) in [6.45, 7) is 7.01. The maximum absolute atomic E-state index is 13.5. The molecule has 10 heteroatoms. The van der Waals surface area contributed by atoms with E-state index in [1.54, 1.807) is 0 Å². The number of ether oxygens (including phenoxy) is 1. The smallest absolute Gasteiger partial charge is 0.456 e. The number of phosphoric acid groups is 1. The van der Waals surface area contributed by atoms with E-state index in [1.165, 1.54) is 231 Å². The van der Waals surface area contributed by atoms with E-state index in [4.69, 9.17) is 13.8 Å². The number of esters is 1. The molecule has 2 N–H and O–H groups in total. The molecule has 0 aromatic rings. The van der Waals surface area contributed by atoms with E-state index in [9.17, 15) is 19.0 Å². The van der Waals surface area contributed by atoms with Crippen LogP contribution < -0.4 is 5.32 Å². The summed E-state index contributed by atoms with van der Waals surface area (Å²) in [7, 11) is 1.50. The molecule has 0 saturated heterocycles. The van der Waals surface area contributed by atoms with Crippen molar-refractivity contribution in [3.63, 3.8) is 0 Å². The van der Waals surface area contributed by atoms with Gasteiger partial charge in [0.2, 0.25) is 5.91 Å². The van der Waals surface area contributed by atoms with Crippen LogP contribution in [0.1, 0.15) is 342 Å². The molecule has 0 spiro atoms. The van der Waals surface area contributed by atoms with Gasteiger partial charge in [-0.1, -0.05) is 308 Å². The number of rotatable bonds is 63. The molecule has 0 aromatic carbocycles. The highest BCUT2D eigenvalue weighted by Gasteiger charge is 2.30. The second-order valence-corrected chi connectivity index (χ2v) is 26.2. The number of carbonyl (C=O) groups excluding carboxylic acids is 2. The summed E-state index contributed by atoms with van der Waals surface area (Å²) in [4.78, 5) is 37.7. The summed E-state index contributed by atoms with van der Waals surface area (Å²) in [6, 6.07) is -0.851. The predicted octanol–water partition coefficient (Wildman–Crippen LogP) is 21.5. The van der Waals surface area contributed by atoms with Crippen LogP contribution in [0.5, 0.6) is 0 Å². The first-order valence-electron chi connectivity index (χ1n) is 34.3. The molecule has 0 aromatic heterocycles. The van der Waals surface area contributed by atoms with Crippen LogP contribution in [0.15, 0.2) is 36.5 Å². The molecule has 0 saturated carbocycles. The first-order chi connectivity index (χ1) is 38.4. The molecule has 0 aliphatic rings. The van der Waals surface area contributed by atoms with Gasteiger partial charge in [-0.05, 0) is 57.4 Å². The fourth-order valence-electron chi connectivity index (χ4n) is 10.3. The zero-order chi connectivity index (χ0) is 57.9. The minimum Gasteiger partial charge on any atom is -0.456 e. The van der Waals surface area contributed by atoms with Crippen LogP contribution >= 0.6 is 7.82 Å². The second-order valence-electron chi connectivity index (χ2n) is 24.7. The van der Waals surface area contributed by atoms with E-state index < -0.39 is 20.0 Å². The van der Waals surface area contributed by atoms with E-state index in [1.807, 2.05) is 33.3 Å². The van der Waals surface area contributed by atoms with Crippen LogP contribution in [0.3, 0.4) is 0 Å². The summed E-state index contributed by atoms with van der Waals surface area (Å²) in [6.07, 6.45) is 73.1. The van der Waals surface area contributed by atoms with Gasteiger partial charge in [-0.3, -0.25) is 18.6 Å². The van der Waals surface area contributed by atoms with Crippen LogP contribution in [-0.2, 0) is 27.9 Å². The minimum absolute atomic E-state index is 0.0399. The fraction of sp³-hybridized carbons (Fsp3) is 0.884. The number of likely N-dealkylation sites (N-methyl/N-ethyl adjacent to an activating group) is 1. The Kier molecular flexibility index (Phi) is 58.1. The van der Waals surface area contributed by atoms with Gasteiger partial charge in [0, 0.05) is 12.8 Å².